The van der Waals surface area contributed by atoms with Gasteiger partial charge in [-0.2, -0.15) is 8.78 Å². The zero-order valence-corrected chi connectivity index (χ0v) is 10.7. The number of halogens is 2. The molecular formula is C11H11F2N5O2. The van der Waals surface area contributed by atoms with Crippen LogP contribution < -0.4 is 5.43 Å². The Bertz CT molecular complexity index is 597. The maximum atomic E-state index is 12.3. The van der Waals surface area contributed by atoms with Gasteiger partial charge in [-0.25, -0.2) is 5.01 Å². The van der Waals surface area contributed by atoms with Gasteiger partial charge in [0.05, 0.1) is 5.56 Å². The second kappa shape index (κ2) is 5.70. The minimum atomic E-state index is -2.82. The molecule has 1 amide bonds. The number of rotatable bonds is 4. The number of hydrogen-bond acceptors (Lipinski definition) is 6. The second-order valence-electron chi connectivity index (χ2n) is 4.01. The average Bonchev–Trinajstić information content (AvgIpc) is 2.88. The van der Waals surface area contributed by atoms with E-state index in [1.807, 2.05) is 0 Å². The molecule has 20 heavy (non-hydrogen) atoms. The Kier molecular flexibility index (Phi) is 3.99. The van der Waals surface area contributed by atoms with Gasteiger partial charge in [-0.3, -0.25) is 15.2 Å². The van der Waals surface area contributed by atoms with Gasteiger partial charge in [-0.1, -0.05) is 0 Å². The third kappa shape index (κ3) is 3.12. The van der Waals surface area contributed by atoms with Gasteiger partial charge in [0.2, 0.25) is 5.89 Å². The highest BCUT2D eigenvalue weighted by Gasteiger charge is 2.17. The van der Waals surface area contributed by atoms with Crippen LogP contribution in [0.4, 0.5) is 8.78 Å². The van der Waals surface area contributed by atoms with Crippen LogP contribution in [0, 0.1) is 0 Å². The lowest BCUT2D eigenvalue weighted by molar-refractivity contribution is 0.0851. The number of nitrogens with one attached hydrogen (secondary N) is 1. The molecule has 0 aliphatic heterocycles. The van der Waals surface area contributed by atoms with Crippen LogP contribution in [-0.4, -0.2) is 40.2 Å². The summed E-state index contributed by atoms with van der Waals surface area (Å²) in [4.78, 5) is 15.5. The summed E-state index contributed by atoms with van der Waals surface area (Å²) in [5.41, 5.74) is 3.05. The van der Waals surface area contributed by atoms with Gasteiger partial charge in [-0.05, 0) is 12.1 Å². The molecule has 0 spiro atoms. The van der Waals surface area contributed by atoms with E-state index in [-0.39, 0.29) is 17.5 Å². The van der Waals surface area contributed by atoms with E-state index in [1.165, 1.54) is 23.3 Å². The number of hydrazine groups is 1. The maximum absolute atomic E-state index is 12.3. The third-order valence-electron chi connectivity index (χ3n) is 2.20. The van der Waals surface area contributed by atoms with Crippen LogP contribution in [-0.2, 0) is 0 Å². The zero-order valence-electron chi connectivity index (χ0n) is 10.7. The van der Waals surface area contributed by atoms with Crippen molar-refractivity contribution in [3.05, 3.63) is 29.9 Å². The van der Waals surface area contributed by atoms with Crippen molar-refractivity contribution in [2.45, 2.75) is 6.43 Å². The van der Waals surface area contributed by atoms with E-state index in [2.05, 4.69) is 20.6 Å². The predicted octanol–water partition coefficient (Wildman–Crippen LogP) is 1.28. The Balaban J connectivity index is 2.17. The molecule has 0 radical (unpaired) electrons. The van der Waals surface area contributed by atoms with Crippen molar-refractivity contribution in [3.63, 3.8) is 0 Å². The maximum Gasteiger partial charge on any atom is 0.314 e. The van der Waals surface area contributed by atoms with E-state index < -0.39 is 12.3 Å². The summed E-state index contributed by atoms with van der Waals surface area (Å²) in [6.07, 6.45) is -1.53. The first-order valence-corrected chi connectivity index (χ1v) is 5.53. The van der Waals surface area contributed by atoms with E-state index in [0.29, 0.717) is 5.56 Å². The average molecular weight is 283 g/mol. The van der Waals surface area contributed by atoms with Crippen LogP contribution >= 0.6 is 0 Å². The van der Waals surface area contributed by atoms with E-state index in [1.54, 1.807) is 14.1 Å². The lowest BCUT2D eigenvalue weighted by Gasteiger charge is -2.10. The van der Waals surface area contributed by atoms with Crippen molar-refractivity contribution < 1.29 is 18.0 Å². The molecular weight excluding hydrogens is 272 g/mol. The van der Waals surface area contributed by atoms with Crippen LogP contribution in [0.5, 0.6) is 0 Å². The summed E-state index contributed by atoms with van der Waals surface area (Å²) < 4.78 is 29.4. The van der Waals surface area contributed by atoms with Crippen molar-refractivity contribution in [2.75, 3.05) is 14.1 Å². The Morgan fingerprint density at radius 1 is 1.35 bits per heavy atom. The van der Waals surface area contributed by atoms with Gasteiger partial charge in [-0.15, -0.1) is 10.2 Å². The lowest BCUT2D eigenvalue weighted by atomic mass is 10.2. The first-order chi connectivity index (χ1) is 9.47. The molecule has 0 aliphatic carbocycles. The number of aromatic nitrogens is 3. The van der Waals surface area contributed by atoms with Crippen molar-refractivity contribution in [2.24, 2.45) is 0 Å². The van der Waals surface area contributed by atoms with Crippen LogP contribution in [0.25, 0.3) is 11.5 Å². The molecule has 0 fully saturated rings. The highest BCUT2D eigenvalue weighted by atomic mass is 19.3. The minimum absolute atomic E-state index is 0.0765. The Morgan fingerprint density at radius 3 is 2.60 bits per heavy atom. The second-order valence-corrected chi connectivity index (χ2v) is 4.01. The van der Waals surface area contributed by atoms with E-state index in [0.717, 1.165) is 0 Å². The predicted molar refractivity (Wildman–Crippen MR) is 63.6 cm³/mol. The number of carbonyl (C=O) groups excluding carboxylic acids is 1. The van der Waals surface area contributed by atoms with Crippen molar-refractivity contribution in [3.8, 4) is 11.5 Å². The Morgan fingerprint density at radius 2 is 2.10 bits per heavy atom. The molecule has 1 N–H and O–H groups in total. The van der Waals surface area contributed by atoms with E-state index in [4.69, 9.17) is 4.42 Å². The Hall–Kier alpha value is -2.42. The number of amides is 1. The van der Waals surface area contributed by atoms with Crippen molar-refractivity contribution in [1.82, 2.24) is 25.6 Å². The van der Waals surface area contributed by atoms with Gasteiger partial charge in [0.15, 0.2) is 0 Å². The quantitative estimate of drug-likeness (QED) is 0.851. The molecule has 0 aromatic carbocycles. The fourth-order valence-electron chi connectivity index (χ4n) is 1.35. The molecule has 2 heterocycles. The van der Waals surface area contributed by atoms with E-state index in [9.17, 15) is 13.6 Å². The summed E-state index contributed by atoms with van der Waals surface area (Å²) in [5.74, 6) is -1.22. The highest BCUT2D eigenvalue weighted by Crippen LogP contribution is 2.22. The van der Waals surface area contributed by atoms with Gasteiger partial charge in [0.25, 0.3) is 11.8 Å². The number of nitrogens with zero attached hydrogens (tertiary/aromatic N) is 4. The summed E-state index contributed by atoms with van der Waals surface area (Å²) in [5, 5.41) is 8.17. The van der Waals surface area contributed by atoms with Crippen molar-refractivity contribution in [1.29, 1.82) is 0 Å². The normalized spacial score (nSPS) is 11.1. The summed E-state index contributed by atoms with van der Waals surface area (Å²) in [7, 11) is 3.33. The number of pyridine rings is 1. The molecule has 0 bridgehead atoms. The molecule has 0 saturated heterocycles. The molecule has 0 saturated carbocycles. The summed E-state index contributed by atoms with van der Waals surface area (Å²) in [6, 6.07) is 2.92. The molecule has 0 aliphatic rings. The fraction of sp³-hybridized carbons (Fsp3) is 0.273. The van der Waals surface area contributed by atoms with Crippen LogP contribution in [0.2, 0.25) is 0 Å². The first-order valence-electron chi connectivity index (χ1n) is 5.53. The lowest BCUT2D eigenvalue weighted by Crippen LogP contribution is -2.36. The molecule has 2 rings (SSSR count). The third-order valence-corrected chi connectivity index (χ3v) is 2.20. The molecule has 106 valence electrons. The highest BCUT2D eigenvalue weighted by molar-refractivity contribution is 5.92. The number of carbonyl (C=O) groups is 1. The molecule has 2 aromatic heterocycles. The Labute approximate surface area is 112 Å². The molecule has 9 heteroatoms. The van der Waals surface area contributed by atoms with Crippen LogP contribution in [0.3, 0.4) is 0 Å². The SMILES string of the molecule is CN(C)NC(=O)c1ccc(-c2nnc(C(F)F)o2)cn1. The zero-order chi connectivity index (χ0) is 14.7. The van der Waals surface area contributed by atoms with Crippen molar-refractivity contribution >= 4 is 5.91 Å². The van der Waals surface area contributed by atoms with Gasteiger partial charge in [0.1, 0.15) is 5.69 Å². The monoisotopic (exact) mass is 283 g/mol. The molecule has 0 unspecified atom stereocenters. The van der Waals surface area contributed by atoms with Gasteiger partial charge >= 0.3 is 6.43 Å². The van der Waals surface area contributed by atoms with E-state index >= 15 is 0 Å². The fourth-order valence-corrected chi connectivity index (χ4v) is 1.35. The number of hydrogen-bond donors (Lipinski definition) is 1. The topological polar surface area (TPSA) is 84.2 Å². The number of alkyl halides is 2. The largest absolute Gasteiger partial charge is 0.415 e. The molecule has 7 nitrogen and oxygen atoms in total. The van der Waals surface area contributed by atoms with Crippen LogP contribution in [0.15, 0.2) is 22.7 Å². The van der Waals surface area contributed by atoms with Gasteiger partial charge in [0, 0.05) is 20.3 Å². The summed E-state index contributed by atoms with van der Waals surface area (Å²) >= 11 is 0. The summed E-state index contributed by atoms with van der Waals surface area (Å²) in [6.45, 7) is 0. The standard InChI is InChI=1S/C11H11F2N5O2/c1-18(2)17-9(19)7-4-3-6(5-14-7)10-15-16-11(20-10)8(12)13/h3-5,8H,1-2H3,(H,17,19). The minimum Gasteiger partial charge on any atom is -0.415 e. The molecule has 2 aromatic rings. The van der Waals surface area contributed by atoms with Gasteiger partial charge < -0.3 is 4.42 Å². The first kappa shape index (κ1) is 14.0. The smallest absolute Gasteiger partial charge is 0.314 e. The molecule has 0 atom stereocenters. The van der Waals surface area contributed by atoms with Crippen LogP contribution in [0.1, 0.15) is 22.8 Å².